The maximum absolute atomic E-state index is 11.1. The van der Waals surface area contributed by atoms with Gasteiger partial charge in [0.15, 0.2) is 0 Å². The standard InChI is InChI=1S/C15H16N4O2/c16-17-15-12(5-3-7-14(15)19(20)21)10-18-9-8-11-4-1-2-6-13(11)18/h1-7,17H,8-10,16H2. The van der Waals surface area contributed by atoms with Gasteiger partial charge in [0.25, 0.3) is 5.69 Å². The summed E-state index contributed by atoms with van der Waals surface area (Å²) in [7, 11) is 0. The van der Waals surface area contributed by atoms with E-state index in [1.54, 1.807) is 6.07 Å². The molecule has 0 aliphatic carbocycles. The highest BCUT2D eigenvalue weighted by molar-refractivity contribution is 5.67. The SMILES string of the molecule is NNc1c(CN2CCc3ccccc32)cccc1[N+](=O)[O-]. The fourth-order valence-corrected chi connectivity index (χ4v) is 2.81. The van der Waals surface area contributed by atoms with Crippen LogP contribution in [-0.2, 0) is 13.0 Å². The molecule has 3 N–H and O–H groups in total. The van der Waals surface area contributed by atoms with Crippen LogP contribution in [0, 0.1) is 10.1 Å². The topological polar surface area (TPSA) is 84.4 Å². The fourth-order valence-electron chi connectivity index (χ4n) is 2.81. The molecule has 0 fully saturated rings. The summed E-state index contributed by atoms with van der Waals surface area (Å²) in [6.45, 7) is 1.50. The second-order valence-electron chi connectivity index (χ2n) is 5.01. The molecule has 0 saturated heterocycles. The Kier molecular flexibility index (Phi) is 3.45. The van der Waals surface area contributed by atoms with Crippen LogP contribution in [0.1, 0.15) is 11.1 Å². The number of anilines is 2. The Labute approximate surface area is 122 Å². The molecule has 0 unspecified atom stereocenters. The van der Waals surface area contributed by atoms with Crippen molar-refractivity contribution >= 4 is 17.1 Å². The maximum atomic E-state index is 11.1. The summed E-state index contributed by atoms with van der Waals surface area (Å²) in [5.74, 6) is 5.49. The van der Waals surface area contributed by atoms with Crippen molar-refractivity contribution in [1.82, 2.24) is 0 Å². The lowest BCUT2D eigenvalue weighted by Gasteiger charge is -2.21. The van der Waals surface area contributed by atoms with Crippen LogP contribution in [0.25, 0.3) is 0 Å². The molecule has 6 heteroatoms. The number of hydrazine groups is 1. The van der Waals surface area contributed by atoms with Crippen LogP contribution in [0.15, 0.2) is 42.5 Å². The van der Waals surface area contributed by atoms with Crippen molar-refractivity contribution in [3.63, 3.8) is 0 Å². The van der Waals surface area contributed by atoms with Crippen molar-refractivity contribution in [1.29, 1.82) is 0 Å². The molecule has 3 rings (SSSR count). The molecule has 108 valence electrons. The first-order valence-corrected chi connectivity index (χ1v) is 6.76. The predicted molar refractivity (Wildman–Crippen MR) is 82.1 cm³/mol. The van der Waals surface area contributed by atoms with Gasteiger partial charge >= 0.3 is 0 Å². The first-order chi connectivity index (χ1) is 10.2. The van der Waals surface area contributed by atoms with E-state index < -0.39 is 4.92 Å². The Hall–Kier alpha value is -2.60. The van der Waals surface area contributed by atoms with Crippen molar-refractivity contribution in [2.24, 2.45) is 5.84 Å². The van der Waals surface area contributed by atoms with Gasteiger partial charge in [-0.2, -0.15) is 0 Å². The van der Waals surface area contributed by atoms with Crippen LogP contribution >= 0.6 is 0 Å². The summed E-state index contributed by atoms with van der Waals surface area (Å²) in [6, 6.07) is 13.2. The summed E-state index contributed by atoms with van der Waals surface area (Å²) in [6.07, 6.45) is 0.997. The number of hydrogen-bond acceptors (Lipinski definition) is 5. The molecule has 1 aliphatic heterocycles. The van der Waals surface area contributed by atoms with Gasteiger partial charge in [-0.05, 0) is 18.1 Å². The number of nitrogens with two attached hydrogens (primary N) is 1. The third kappa shape index (κ3) is 2.41. The molecule has 2 aromatic rings. The lowest BCUT2D eigenvalue weighted by Crippen LogP contribution is -2.21. The first kappa shape index (κ1) is 13.4. The highest BCUT2D eigenvalue weighted by Gasteiger charge is 2.22. The molecule has 2 aromatic carbocycles. The van der Waals surface area contributed by atoms with E-state index >= 15 is 0 Å². The van der Waals surface area contributed by atoms with Gasteiger partial charge in [-0.15, -0.1) is 0 Å². The lowest BCUT2D eigenvalue weighted by molar-refractivity contribution is -0.384. The number of para-hydroxylation sites is 2. The smallest absolute Gasteiger partial charge is 0.293 e. The number of nitro benzene ring substituents is 1. The number of benzene rings is 2. The summed E-state index contributed by atoms with van der Waals surface area (Å²) >= 11 is 0. The Morgan fingerprint density at radius 1 is 1.24 bits per heavy atom. The van der Waals surface area contributed by atoms with Crippen LogP contribution in [0.5, 0.6) is 0 Å². The molecule has 0 aromatic heterocycles. The molecule has 0 amide bonds. The Morgan fingerprint density at radius 2 is 2.05 bits per heavy atom. The Bertz CT molecular complexity index is 687. The second-order valence-corrected chi connectivity index (χ2v) is 5.01. The molecule has 0 bridgehead atoms. The Balaban J connectivity index is 1.93. The largest absolute Gasteiger partial charge is 0.367 e. The fraction of sp³-hybridized carbons (Fsp3) is 0.200. The van der Waals surface area contributed by atoms with Gasteiger partial charge in [0.05, 0.1) is 4.92 Å². The number of nitro groups is 1. The average Bonchev–Trinajstić information content (AvgIpc) is 2.90. The van der Waals surface area contributed by atoms with E-state index in [4.69, 9.17) is 5.84 Å². The number of fused-ring (bicyclic) bond motifs is 1. The van der Waals surface area contributed by atoms with E-state index in [1.807, 2.05) is 18.2 Å². The van der Waals surface area contributed by atoms with Crippen molar-refractivity contribution in [2.45, 2.75) is 13.0 Å². The van der Waals surface area contributed by atoms with E-state index in [0.717, 1.165) is 18.5 Å². The minimum absolute atomic E-state index is 0.00230. The number of nitrogens with one attached hydrogen (secondary N) is 1. The zero-order valence-electron chi connectivity index (χ0n) is 11.5. The van der Waals surface area contributed by atoms with Crippen molar-refractivity contribution in [3.05, 3.63) is 63.7 Å². The minimum atomic E-state index is -0.420. The first-order valence-electron chi connectivity index (χ1n) is 6.76. The third-order valence-electron chi connectivity index (χ3n) is 3.81. The normalized spacial score (nSPS) is 13.1. The summed E-state index contributed by atoms with van der Waals surface area (Å²) in [4.78, 5) is 12.9. The number of rotatable bonds is 4. The van der Waals surface area contributed by atoms with Gasteiger partial charge in [-0.25, -0.2) is 0 Å². The third-order valence-corrected chi connectivity index (χ3v) is 3.81. The molecule has 0 saturated carbocycles. The highest BCUT2D eigenvalue weighted by atomic mass is 16.6. The molecule has 0 spiro atoms. The van der Waals surface area contributed by atoms with E-state index in [0.29, 0.717) is 12.2 Å². The number of nitrogens with zero attached hydrogens (tertiary/aromatic N) is 2. The van der Waals surface area contributed by atoms with Gasteiger partial charge in [0, 0.05) is 30.4 Å². The van der Waals surface area contributed by atoms with E-state index in [-0.39, 0.29) is 5.69 Å². The van der Waals surface area contributed by atoms with E-state index in [2.05, 4.69) is 22.5 Å². The van der Waals surface area contributed by atoms with Crippen LogP contribution in [0.4, 0.5) is 17.1 Å². The van der Waals surface area contributed by atoms with E-state index in [9.17, 15) is 10.1 Å². The van der Waals surface area contributed by atoms with Crippen LogP contribution in [-0.4, -0.2) is 11.5 Å². The molecule has 0 radical (unpaired) electrons. The quantitative estimate of drug-likeness (QED) is 0.512. The summed E-state index contributed by atoms with van der Waals surface area (Å²) < 4.78 is 0. The molecular weight excluding hydrogens is 268 g/mol. The second kappa shape index (κ2) is 5.41. The highest BCUT2D eigenvalue weighted by Crippen LogP contribution is 2.33. The zero-order chi connectivity index (χ0) is 14.8. The molecule has 1 aliphatic rings. The minimum Gasteiger partial charge on any atom is -0.367 e. The van der Waals surface area contributed by atoms with Gasteiger partial charge in [0.1, 0.15) is 5.69 Å². The summed E-state index contributed by atoms with van der Waals surface area (Å²) in [5.41, 5.74) is 6.18. The molecular formula is C15H16N4O2. The maximum Gasteiger partial charge on any atom is 0.293 e. The Morgan fingerprint density at radius 3 is 2.81 bits per heavy atom. The number of hydrogen-bond donors (Lipinski definition) is 2. The van der Waals surface area contributed by atoms with Crippen LogP contribution in [0.2, 0.25) is 0 Å². The average molecular weight is 284 g/mol. The zero-order valence-corrected chi connectivity index (χ0v) is 11.5. The van der Waals surface area contributed by atoms with E-state index in [1.165, 1.54) is 17.3 Å². The monoisotopic (exact) mass is 284 g/mol. The molecule has 6 nitrogen and oxygen atoms in total. The van der Waals surface area contributed by atoms with Gasteiger partial charge in [0.2, 0.25) is 0 Å². The van der Waals surface area contributed by atoms with Crippen molar-refractivity contribution in [3.8, 4) is 0 Å². The molecule has 1 heterocycles. The molecule has 0 atom stereocenters. The van der Waals surface area contributed by atoms with Crippen molar-refractivity contribution in [2.75, 3.05) is 16.9 Å². The van der Waals surface area contributed by atoms with Crippen LogP contribution < -0.4 is 16.2 Å². The van der Waals surface area contributed by atoms with Crippen molar-refractivity contribution < 1.29 is 4.92 Å². The molecule has 21 heavy (non-hydrogen) atoms. The van der Waals surface area contributed by atoms with Gasteiger partial charge in [-0.1, -0.05) is 30.3 Å². The number of nitrogen functional groups attached to an aromatic ring is 1. The van der Waals surface area contributed by atoms with Gasteiger partial charge < -0.3 is 10.3 Å². The van der Waals surface area contributed by atoms with Gasteiger partial charge in [-0.3, -0.25) is 16.0 Å². The van der Waals surface area contributed by atoms with Crippen LogP contribution in [0.3, 0.4) is 0 Å². The lowest BCUT2D eigenvalue weighted by atomic mass is 10.1. The summed E-state index contributed by atoms with van der Waals surface area (Å²) in [5, 5.41) is 11.1. The predicted octanol–water partition coefficient (Wildman–Crippen LogP) is 2.44.